The second-order valence-electron chi connectivity index (χ2n) is 5.04. The first kappa shape index (κ1) is 14.4. The predicted octanol–water partition coefficient (Wildman–Crippen LogP) is 3.85. The van der Waals surface area contributed by atoms with Crippen LogP contribution in [0.3, 0.4) is 0 Å². The van der Waals surface area contributed by atoms with Crippen LogP contribution in [-0.4, -0.2) is 31.6 Å². The molecule has 0 saturated carbocycles. The lowest BCUT2D eigenvalue weighted by Gasteiger charge is -2.25. The van der Waals surface area contributed by atoms with Crippen molar-refractivity contribution in [1.29, 1.82) is 0 Å². The van der Waals surface area contributed by atoms with Gasteiger partial charge in [-0.1, -0.05) is 36.2 Å². The molecule has 2 rings (SSSR count). The fraction of sp³-hybridized carbons (Fsp3) is 0.500. The molecule has 1 saturated heterocycles. The van der Waals surface area contributed by atoms with Crippen molar-refractivity contribution in [3.05, 3.63) is 40.9 Å². The van der Waals surface area contributed by atoms with Gasteiger partial charge in [-0.05, 0) is 43.6 Å². The summed E-state index contributed by atoms with van der Waals surface area (Å²) in [5.74, 6) is 0.886. The quantitative estimate of drug-likeness (QED) is 0.812. The number of likely N-dealkylation sites (tertiary alicyclic amines) is 1. The molecule has 2 nitrogen and oxygen atoms in total. The van der Waals surface area contributed by atoms with Crippen LogP contribution >= 0.6 is 11.6 Å². The zero-order chi connectivity index (χ0) is 13.5. The fourth-order valence-corrected chi connectivity index (χ4v) is 2.60. The van der Waals surface area contributed by atoms with Gasteiger partial charge in [-0.2, -0.15) is 0 Å². The van der Waals surface area contributed by atoms with Crippen molar-refractivity contribution in [3.63, 3.8) is 0 Å². The summed E-state index contributed by atoms with van der Waals surface area (Å²) in [6.45, 7) is 3.40. The maximum Gasteiger partial charge on any atom is 0.118 e. The van der Waals surface area contributed by atoms with Crippen LogP contribution in [0.2, 0.25) is 0 Å². The molecule has 0 spiro atoms. The summed E-state index contributed by atoms with van der Waals surface area (Å²) in [5, 5.41) is 0.927. The summed E-state index contributed by atoms with van der Waals surface area (Å²) < 4.78 is 5.15. The number of methoxy groups -OCH3 is 1. The molecular weight excluding hydrogens is 258 g/mol. The van der Waals surface area contributed by atoms with Gasteiger partial charge in [0.25, 0.3) is 0 Å². The van der Waals surface area contributed by atoms with Crippen LogP contribution in [0.15, 0.2) is 35.4 Å². The smallest absolute Gasteiger partial charge is 0.118 e. The van der Waals surface area contributed by atoms with Crippen LogP contribution in [0, 0.1) is 0 Å². The molecule has 104 valence electrons. The number of hydrogen-bond acceptors (Lipinski definition) is 2. The van der Waals surface area contributed by atoms with Crippen molar-refractivity contribution in [1.82, 2.24) is 4.90 Å². The van der Waals surface area contributed by atoms with Gasteiger partial charge in [0.05, 0.1) is 7.11 Å². The lowest BCUT2D eigenvalue weighted by Crippen LogP contribution is -2.29. The van der Waals surface area contributed by atoms with Crippen molar-refractivity contribution >= 4 is 11.6 Å². The summed E-state index contributed by atoms with van der Waals surface area (Å²) in [5.41, 5.74) is 1.22. The Morgan fingerprint density at radius 2 is 1.89 bits per heavy atom. The van der Waals surface area contributed by atoms with E-state index in [-0.39, 0.29) is 0 Å². The van der Waals surface area contributed by atoms with Crippen molar-refractivity contribution in [2.45, 2.75) is 25.7 Å². The van der Waals surface area contributed by atoms with Gasteiger partial charge in [0.15, 0.2) is 0 Å². The first-order chi connectivity index (χ1) is 9.28. The van der Waals surface area contributed by atoms with E-state index >= 15 is 0 Å². The van der Waals surface area contributed by atoms with E-state index in [2.05, 4.69) is 23.1 Å². The van der Waals surface area contributed by atoms with Gasteiger partial charge >= 0.3 is 0 Å². The fourth-order valence-electron chi connectivity index (χ4n) is 2.38. The van der Waals surface area contributed by atoms with Gasteiger partial charge in [0.2, 0.25) is 0 Å². The standard InChI is InChI=1S/C16H22ClNO/c1-19-16-7-5-14(6-8-16)13-15(17)9-12-18-10-3-2-4-11-18/h5-9H,2-4,10-13H2,1H3/b15-9-. The zero-order valence-electron chi connectivity index (χ0n) is 11.6. The molecule has 1 aromatic carbocycles. The third kappa shape index (κ3) is 4.88. The van der Waals surface area contributed by atoms with Crippen molar-refractivity contribution in [2.24, 2.45) is 0 Å². The molecule has 1 aliphatic heterocycles. The second-order valence-corrected chi connectivity index (χ2v) is 5.52. The number of ether oxygens (including phenoxy) is 1. The number of benzene rings is 1. The van der Waals surface area contributed by atoms with Gasteiger partial charge in [0.1, 0.15) is 5.75 Å². The second kappa shape index (κ2) is 7.56. The van der Waals surface area contributed by atoms with E-state index in [1.807, 2.05) is 12.1 Å². The van der Waals surface area contributed by atoms with E-state index in [1.54, 1.807) is 7.11 Å². The Bertz CT molecular complexity index is 407. The zero-order valence-corrected chi connectivity index (χ0v) is 12.3. The van der Waals surface area contributed by atoms with E-state index in [0.29, 0.717) is 0 Å². The molecule has 0 aliphatic carbocycles. The van der Waals surface area contributed by atoms with Crippen LogP contribution in [0.4, 0.5) is 0 Å². The highest BCUT2D eigenvalue weighted by Crippen LogP contribution is 2.17. The number of nitrogens with zero attached hydrogens (tertiary/aromatic N) is 1. The molecule has 0 aromatic heterocycles. The van der Waals surface area contributed by atoms with Crippen LogP contribution in [0.5, 0.6) is 5.75 Å². The molecule has 0 amide bonds. The average Bonchev–Trinajstić information content (AvgIpc) is 2.47. The van der Waals surface area contributed by atoms with E-state index < -0.39 is 0 Å². The molecule has 3 heteroatoms. The van der Waals surface area contributed by atoms with Crippen LogP contribution in [0.1, 0.15) is 24.8 Å². The minimum atomic E-state index is 0.805. The average molecular weight is 280 g/mol. The van der Waals surface area contributed by atoms with E-state index in [0.717, 1.165) is 23.7 Å². The van der Waals surface area contributed by atoms with Gasteiger partial charge in [-0.15, -0.1) is 0 Å². The number of allylic oxidation sites excluding steroid dienone is 1. The lowest BCUT2D eigenvalue weighted by molar-refractivity contribution is 0.251. The maximum absolute atomic E-state index is 6.31. The van der Waals surface area contributed by atoms with Crippen LogP contribution < -0.4 is 4.74 Å². The Hall–Kier alpha value is -0.990. The largest absolute Gasteiger partial charge is 0.497 e. The third-order valence-corrected chi connectivity index (χ3v) is 3.84. The van der Waals surface area contributed by atoms with Crippen molar-refractivity contribution in [3.8, 4) is 5.75 Å². The Morgan fingerprint density at radius 1 is 1.21 bits per heavy atom. The number of piperidine rings is 1. The minimum Gasteiger partial charge on any atom is -0.497 e. The number of rotatable bonds is 5. The minimum absolute atomic E-state index is 0.805. The monoisotopic (exact) mass is 279 g/mol. The Balaban J connectivity index is 1.82. The van der Waals surface area contributed by atoms with E-state index in [9.17, 15) is 0 Å². The molecule has 0 atom stereocenters. The summed E-state index contributed by atoms with van der Waals surface area (Å²) in [4.78, 5) is 2.47. The molecule has 0 unspecified atom stereocenters. The first-order valence-corrected chi connectivity index (χ1v) is 7.35. The van der Waals surface area contributed by atoms with Crippen LogP contribution in [-0.2, 0) is 6.42 Å². The summed E-state index contributed by atoms with van der Waals surface area (Å²) in [7, 11) is 1.68. The van der Waals surface area contributed by atoms with E-state index in [1.165, 1.54) is 37.9 Å². The van der Waals surface area contributed by atoms with Crippen LogP contribution in [0.25, 0.3) is 0 Å². The predicted molar refractivity (Wildman–Crippen MR) is 80.9 cm³/mol. The highest BCUT2D eigenvalue weighted by Gasteiger charge is 2.08. The molecule has 1 aromatic rings. The summed E-state index contributed by atoms with van der Waals surface area (Å²) in [6.07, 6.45) is 6.98. The SMILES string of the molecule is COc1ccc(C/C(Cl)=C/CN2CCCCC2)cc1. The molecule has 0 N–H and O–H groups in total. The molecule has 0 radical (unpaired) electrons. The lowest BCUT2D eigenvalue weighted by atomic mass is 10.1. The van der Waals surface area contributed by atoms with Gasteiger partial charge in [-0.3, -0.25) is 4.90 Å². The Kier molecular flexibility index (Phi) is 5.74. The van der Waals surface area contributed by atoms with Gasteiger partial charge < -0.3 is 4.74 Å². The highest BCUT2D eigenvalue weighted by atomic mass is 35.5. The molecule has 1 aliphatic rings. The number of hydrogen-bond donors (Lipinski definition) is 0. The van der Waals surface area contributed by atoms with Crippen molar-refractivity contribution < 1.29 is 4.74 Å². The first-order valence-electron chi connectivity index (χ1n) is 6.98. The molecule has 1 fully saturated rings. The number of halogens is 1. The topological polar surface area (TPSA) is 12.5 Å². The third-order valence-electron chi connectivity index (χ3n) is 3.55. The highest BCUT2D eigenvalue weighted by molar-refractivity contribution is 6.29. The van der Waals surface area contributed by atoms with E-state index in [4.69, 9.17) is 16.3 Å². The molecule has 19 heavy (non-hydrogen) atoms. The normalized spacial score (nSPS) is 17.5. The van der Waals surface area contributed by atoms with Gasteiger partial charge in [0, 0.05) is 18.0 Å². The molecule has 1 heterocycles. The van der Waals surface area contributed by atoms with Crippen molar-refractivity contribution in [2.75, 3.05) is 26.7 Å². The maximum atomic E-state index is 6.31. The summed E-state index contributed by atoms with van der Waals surface area (Å²) >= 11 is 6.31. The Morgan fingerprint density at radius 3 is 2.53 bits per heavy atom. The molecular formula is C16H22ClNO. The molecule has 0 bridgehead atoms. The van der Waals surface area contributed by atoms with Gasteiger partial charge in [-0.25, -0.2) is 0 Å². The Labute approximate surface area is 121 Å². The summed E-state index contributed by atoms with van der Waals surface area (Å²) in [6, 6.07) is 8.08.